The van der Waals surface area contributed by atoms with E-state index in [-0.39, 0.29) is 11.9 Å². The highest BCUT2D eigenvalue weighted by Gasteiger charge is 2.33. The average Bonchev–Trinajstić information content (AvgIpc) is 2.81. The largest absolute Gasteiger partial charge is 0.338 e. The lowest BCUT2D eigenvalue weighted by Gasteiger charge is -2.18. The van der Waals surface area contributed by atoms with Gasteiger partial charge in [-0.25, -0.2) is 4.79 Å². The van der Waals surface area contributed by atoms with Crippen LogP contribution in [0.2, 0.25) is 0 Å². The first-order chi connectivity index (χ1) is 10.0. The predicted molar refractivity (Wildman–Crippen MR) is 83.5 cm³/mol. The van der Waals surface area contributed by atoms with E-state index in [0.29, 0.717) is 19.5 Å². The molecule has 1 aliphatic rings. The molecule has 0 spiro atoms. The van der Waals surface area contributed by atoms with Gasteiger partial charge < -0.3 is 15.5 Å². The van der Waals surface area contributed by atoms with E-state index in [1.807, 2.05) is 39.0 Å². The van der Waals surface area contributed by atoms with Crippen molar-refractivity contribution in [2.24, 2.45) is 0 Å². The van der Waals surface area contributed by atoms with Gasteiger partial charge in [0.05, 0.1) is 0 Å². The molecule has 2 rings (SSSR count). The van der Waals surface area contributed by atoms with Crippen molar-refractivity contribution in [3.8, 4) is 0 Å². The molecule has 0 bridgehead atoms. The molecule has 0 radical (unpaired) electrons. The van der Waals surface area contributed by atoms with Gasteiger partial charge in [0, 0.05) is 18.8 Å². The second-order valence-corrected chi connectivity index (χ2v) is 5.50. The molecule has 5 nitrogen and oxygen atoms in total. The Labute approximate surface area is 125 Å². The number of nitrogens with one attached hydrogen (secondary N) is 2. The lowest BCUT2D eigenvalue weighted by Crippen LogP contribution is -2.46. The maximum Gasteiger partial charge on any atom is 0.315 e. The zero-order valence-electron chi connectivity index (χ0n) is 12.9. The smallest absolute Gasteiger partial charge is 0.315 e. The molecular formula is C16H23N3O2. The van der Waals surface area contributed by atoms with Gasteiger partial charge >= 0.3 is 6.03 Å². The van der Waals surface area contributed by atoms with E-state index in [4.69, 9.17) is 0 Å². The Bertz CT molecular complexity index is 542. The summed E-state index contributed by atoms with van der Waals surface area (Å²) in [6.07, 6.45) is 1.52. The number of benzene rings is 1. The molecule has 1 aromatic carbocycles. The van der Waals surface area contributed by atoms with Crippen LogP contribution < -0.4 is 15.5 Å². The summed E-state index contributed by atoms with van der Waals surface area (Å²) in [4.78, 5) is 25.8. The van der Waals surface area contributed by atoms with Crippen molar-refractivity contribution in [3.05, 3.63) is 29.3 Å². The van der Waals surface area contributed by atoms with Crippen LogP contribution in [-0.4, -0.2) is 31.1 Å². The molecule has 0 aliphatic carbocycles. The number of anilines is 1. The highest BCUT2D eigenvalue weighted by atomic mass is 16.2. The summed E-state index contributed by atoms with van der Waals surface area (Å²) in [6.45, 7) is 7.33. The van der Waals surface area contributed by atoms with Crippen LogP contribution in [0.15, 0.2) is 18.2 Å². The maximum absolute atomic E-state index is 12.4. The Hall–Kier alpha value is -2.04. The zero-order chi connectivity index (χ0) is 15.4. The fourth-order valence-electron chi connectivity index (χ4n) is 2.41. The van der Waals surface area contributed by atoms with E-state index in [1.54, 1.807) is 4.90 Å². The first-order valence-electron chi connectivity index (χ1n) is 7.46. The molecule has 2 N–H and O–H groups in total. The fourth-order valence-corrected chi connectivity index (χ4v) is 2.41. The summed E-state index contributed by atoms with van der Waals surface area (Å²) in [5, 5.41) is 5.48. The van der Waals surface area contributed by atoms with E-state index in [9.17, 15) is 9.59 Å². The van der Waals surface area contributed by atoms with E-state index >= 15 is 0 Å². The van der Waals surface area contributed by atoms with Crippen molar-refractivity contribution in [2.45, 2.75) is 39.7 Å². The number of nitrogens with zero attached hydrogens (tertiary/aromatic N) is 1. The minimum Gasteiger partial charge on any atom is -0.338 e. The van der Waals surface area contributed by atoms with Gasteiger partial charge in [0.2, 0.25) is 5.91 Å². The van der Waals surface area contributed by atoms with Gasteiger partial charge in [-0.1, -0.05) is 13.0 Å². The van der Waals surface area contributed by atoms with Gasteiger partial charge in [-0.2, -0.15) is 0 Å². The molecule has 114 valence electrons. The Balaban J connectivity index is 2.00. The number of hydrogen-bond donors (Lipinski definition) is 2. The molecule has 1 unspecified atom stereocenters. The molecule has 0 saturated carbocycles. The van der Waals surface area contributed by atoms with Gasteiger partial charge in [-0.15, -0.1) is 0 Å². The molecule has 1 saturated heterocycles. The number of carbonyl (C=O) groups is 2. The third-order valence-electron chi connectivity index (χ3n) is 3.85. The van der Waals surface area contributed by atoms with E-state index in [2.05, 4.69) is 10.6 Å². The fraction of sp³-hybridized carbons (Fsp3) is 0.500. The Morgan fingerprint density at radius 3 is 2.76 bits per heavy atom. The number of aryl methyl sites for hydroxylation is 2. The summed E-state index contributed by atoms with van der Waals surface area (Å²) in [6, 6.07) is 5.31. The van der Waals surface area contributed by atoms with Crippen LogP contribution >= 0.6 is 0 Å². The highest BCUT2D eigenvalue weighted by Crippen LogP contribution is 2.24. The van der Waals surface area contributed by atoms with Crippen molar-refractivity contribution in [3.63, 3.8) is 0 Å². The summed E-state index contributed by atoms with van der Waals surface area (Å²) < 4.78 is 0. The summed E-state index contributed by atoms with van der Waals surface area (Å²) in [5.74, 6) is -0.0371. The Kier molecular flexibility index (Phi) is 4.83. The minimum absolute atomic E-state index is 0.0371. The molecular weight excluding hydrogens is 266 g/mol. The first kappa shape index (κ1) is 15.4. The SMILES string of the molecule is CCCNC(=O)NC1CCN(c2ccc(C)c(C)c2)C1=O. The highest BCUT2D eigenvalue weighted by molar-refractivity contribution is 6.01. The van der Waals surface area contributed by atoms with E-state index in [1.165, 1.54) is 5.56 Å². The number of hydrogen-bond acceptors (Lipinski definition) is 2. The standard InChI is InChI=1S/C16H23N3O2/c1-4-8-17-16(21)18-14-7-9-19(15(14)20)13-6-5-11(2)12(3)10-13/h5-6,10,14H,4,7-9H2,1-3H3,(H2,17,18,21). The van der Waals surface area contributed by atoms with Crippen molar-refractivity contribution >= 4 is 17.6 Å². The predicted octanol–water partition coefficient (Wildman–Crippen LogP) is 2.12. The first-order valence-corrected chi connectivity index (χ1v) is 7.46. The van der Waals surface area contributed by atoms with Gasteiger partial charge in [0.25, 0.3) is 0 Å². The monoisotopic (exact) mass is 289 g/mol. The molecule has 1 atom stereocenters. The van der Waals surface area contributed by atoms with Crippen LogP contribution in [0.4, 0.5) is 10.5 Å². The van der Waals surface area contributed by atoms with Crippen LogP contribution in [0.1, 0.15) is 30.9 Å². The molecule has 1 fully saturated rings. The van der Waals surface area contributed by atoms with Crippen molar-refractivity contribution in [1.29, 1.82) is 0 Å². The molecule has 1 aromatic rings. The summed E-state index contributed by atoms with van der Waals surface area (Å²) >= 11 is 0. The molecule has 1 heterocycles. The number of rotatable bonds is 4. The maximum atomic E-state index is 12.4. The van der Waals surface area contributed by atoms with Gasteiger partial charge in [-0.3, -0.25) is 4.79 Å². The van der Waals surface area contributed by atoms with Gasteiger partial charge in [0.15, 0.2) is 0 Å². The van der Waals surface area contributed by atoms with E-state index in [0.717, 1.165) is 17.7 Å². The Morgan fingerprint density at radius 2 is 2.10 bits per heavy atom. The number of carbonyl (C=O) groups excluding carboxylic acids is 2. The molecule has 3 amide bonds. The minimum atomic E-state index is -0.427. The molecule has 1 aliphatic heterocycles. The van der Waals surface area contributed by atoms with Crippen LogP contribution in [0.3, 0.4) is 0 Å². The molecule has 5 heteroatoms. The average molecular weight is 289 g/mol. The van der Waals surface area contributed by atoms with Gasteiger partial charge in [0.1, 0.15) is 6.04 Å². The summed E-state index contributed by atoms with van der Waals surface area (Å²) in [7, 11) is 0. The number of amides is 3. The van der Waals surface area contributed by atoms with Crippen LogP contribution in [0, 0.1) is 13.8 Å². The number of urea groups is 1. The van der Waals surface area contributed by atoms with E-state index < -0.39 is 6.04 Å². The van der Waals surface area contributed by atoms with Crippen molar-refractivity contribution in [2.75, 3.05) is 18.0 Å². The second-order valence-electron chi connectivity index (χ2n) is 5.50. The van der Waals surface area contributed by atoms with Crippen LogP contribution in [0.5, 0.6) is 0 Å². The van der Waals surface area contributed by atoms with Crippen LogP contribution in [0.25, 0.3) is 0 Å². The normalized spacial score (nSPS) is 18.0. The summed E-state index contributed by atoms with van der Waals surface area (Å²) in [5.41, 5.74) is 3.28. The third kappa shape index (κ3) is 3.54. The topological polar surface area (TPSA) is 61.4 Å². The van der Waals surface area contributed by atoms with Crippen molar-refractivity contribution in [1.82, 2.24) is 10.6 Å². The second kappa shape index (κ2) is 6.61. The van der Waals surface area contributed by atoms with Crippen molar-refractivity contribution < 1.29 is 9.59 Å². The quantitative estimate of drug-likeness (QED) is 0.892. The lowest BCUT2D eigenvalue weighted by atomic mass is 10.1. The zero-order valence-corrected chi connectivity index (χ0v) is 12.9. The van der Waals surface area contributed by atoms with Crippen LogP contribution in [-0.2, 0) is 4.79 Å². The molecule has 0 aromatic heterocycles. The third-order valence-corrected chi connectivity index (χ3v) is 3.85. The van der Waals surface area contributed by atoms with Gasteiger partial charge in [-0.05, 0) is 49.9 Å². The lowest BCUT2D eigenvalue weighted by molar-refractivity contribution is -0.118. The Morgan fingerprint density at radius 1 is 1.33 bits per heavy atom. The molecule has 21 heavy (non-hydrogen) atoms.